The van der Waals surface area contributed by atoms with Crippen LogP contribution in [0.2, 0.25) is 0 Å². The zero-order chi connectivity index (χ0) is 10.4. The topological polar surface area (TPSA) is 29.1 Å². The molecular weight excluding hydrogens is 174 g/mol. The van der Waals surface area contributed by atoms with Crippen molar-refractivity contribution in [2.24, 2.45) is 10.8 Å². The minimum Gasteiger partial charge on any atom is -0.353 e. The maximum atomic E-state index is 11.6. The van der Waals surface area contributed by atoms with Gasteiger partial charge in [-0.2, -0.15) is 0 Å². The van der Waals surface area contributed by atoms with E-state index in [0.29, 0.717) is 11.5 Å². The van der Waals surface area contributed by atoms with Crippen molar-refractivity contribution < 1.29 is 4.79 Å². The average molecular weight is 195 g/mol. The molecule has 0 radical (unpaired) electrons. The maximum absolute atomic E-state index is 11.6. The quantitative estimate of drug-likeness (QED) is 0.684. The van der Waals surface area contributed by atoms with Gasteiger partial charge in [-0.1, -0.05) is 27.2 Å². The summed E-state index contributed by atoms with van der Waals surface area (Å²) in [6, 6.07) is 0.424. The molecule has 1 spiro atoms. The Labute approximate surface area is 86.5 Å². The molecule has 2 fully saturated rings. The lowest BCUT2D eigenvalue weighted by Crippen LogP contribution is -2.43. The molecule has 0 bridgehead atoms. The zero-order valence-corrected chi connectivity index (χ0v) is 9.52. The van der Waals surface area contributed by atoms with E-state index in [1.807, 2.05) is 0 Å². The normalized spacial score (nSPS) is 40.5. The molecule has 2 nitrogen and oxygen atoms in total. The van der Waals surface area contributed by atoms with Crippen LogP contribution in [0.1, 0.15) is 52.9 Å². The highest BCUT2D eigenvalue weighted by Crippen LogP contribution is 2.59. The van der Waals surface area contributed by atoms with Crippen molar-refractivity contribution in [2.45, 2.75) is 58.9 Å². The third-order valence-electron chi connectivity index (χ3n) is 4.66. The summed E-state index contributed by atoms with van der Waals surface area (Å²) in [5.41, 5.74) is 0.603. The molecule has 1 aliphatic carbocycles. The monoisotopic (exact) mass is 195 g/mol. The van der Waals surface area contributed by atoms with Gasteiger partial charge in [0.1, 0.15) is 0 Å². The maximum Gasteiger partial charge on any atom is 0.220 e. The van der Waals surface area contributed by atoms with Crippen molar-refractivity contribution in [1.82, 2.24) is 5.32 Å². The Morgan fingerprint density at radius 2 is 2.14 bits per heavy atom. The van der Waals surface area contributed by atoms with Crippen LogP contribution in [0.3, 0.4) is 0 Å². The van der Waals surface area contributed by atoms with Crippen LogP contribution in [0.15, 0.2) is 0 Å². The number of carbonyl (C=O) groups excluding carboxylic acids is 1. The van der Waals surface area contributed by atoms with Gasteiger partial charge in [0.25, 0.3) is 0 Å². The highest BCUT2D eigenvalue weighted by atomic mass is 16.2. The first-order chi connectivity index (χ1) is 6.52. The Kier molecular flexibility index (Phi) is 2.13. The molecule has 2 aliphatic rings. The number of carbonyl (C=O) groups is 1. The van der Waals surface area contributed by atoms with E-state index in [9.17, 15) is 4.79 Å². The van der Waals surface area contributed by atoms with Crippen LogP contribution in [0.25, 0.3) is 0 Å². The van der Waals surface area contributed by atoms with E-state index in [1.165, 1.54) is 19.3 Å². The molecule has 80 valence electrons. The van der Waals surface area contributed by atoms with E-state index in [0.717, 1.165) is 12.8 Å². The van der Waals surface area contributed by atoms with E-state index in [4.69, 9.17) is 0 Å². The molecule has 2 unspecified atom stereocenters. The number of nitrogens with one attached hydrogen (secondary N) is 1. The molecule has 0 aromatic heterocycles. The molecule has 0 aromatic rings. The number of rotatable bonds is 1. The van der Waals surface area contributed by atoms with Crippen molar-refractivity contribution in [3.63, 3.8) is 0 Å². The van der Waals surface area contributed by atoms with Crippen LogP contribution in [-0.2, 0) is 4.79 Å². The van der Waals surface area contributed by atoms with Crippen LogP contribution in [0.4, 0.5) is 0 Å². The molecule has 2 rings (SSSR count). The van der Waals surface area contributed by atoms with Gasteiger partial charge in [-0.25, -0.2) is 0 Å². The SMILES string of the molecule is CCC1NC(=O)CC12CCCC2(C)C. The van der Waals surface area contributed by atoms with Crippen molar-refractivity contribution in [1.29, 1.82) is 0 Å². The fraction of sp³-hybridized carbons (Fsp3) is 0.917. The largest absolute Gasteiger partial charge is 0.353 e. The molecule has 1 aliphatic heterocycles. The van der Waals surface area contributed by atoms with Crippen molar-refractivity contribution in [2.75, 3.05) is 0 Å². The molecule has 1 saturated heterocycles. The molecule has 14 heavy (non-hydrogen) atoms. The molecule has 1 heterocycles. The van der Waals surface area contributed by atoms with Gasteiger partial charge in [-0.3, -0.25) is 4.79 Å². The van der Waals surface area contributed by atoms with E-state index in [1.54, 1.807) is 0 Å². The van der Waals surface area contributed by atoms with Gasteiger partial charge in [0.05, 0.1) is 0 Å². The molecule has 1 saturated carbocycles. The summed E-state index contributed by atoms with van der Waals surface area (Å²) in [7, 11) is 0. The third-order valence-corrected chi connectivity index (χ3v) is 4.66. The minimum atomic E-state index is 0.263. The Morgan fingerprint density at radius 3 is 2.64 bits per heavy atom. The minimum absolute atomic E-state index is 0.263. The first-order valence-electron chi connectivity index (χ1n) is 5.81. The first kappa shape index (κ1) is 10.0. The summed E-state index contributed by atoms with van der Waals surface area (Å²) in [5.74, 6) is 0.270. The Hall–Kier alpha value is -0.530. The second-order valence-electron chi connectivity index (χ2n) is 5.60. The highest BCUT2D eigenvalue weighted by Gasteiger charge is 2.57. The van der Waals surface area contributed by atoms with Gasteiger partial charge in [0.15, 0.2) is 0 Å². The number of amides is 1. The van der Waals surface area contributed by atoms with Crippen molar-refractivity contribution >= 4 is 5.91 Å². The van der Waals surface area contributed by atoms with Crippen LogP contribution in [0.5, 0.6) is 0 Å². The Balaban J connectivity index is 2.33. The average Bonchev–Trinajstić information content (AvgIpc) is 2.56. The highest BCUT2D eigenvalue weighted by molar-refractivity contribution is 5.80. The smallest absolute Gasteiger partial charge is 0.220 e. The summed E-state index contributed by atoms with van der Waals surface area (Å²) in [6.45, 7) is 6.86. The third kappa shape index (κ3) is 1.12. The lowest BCUT2D eigenvalue weighted by atomic mass is 9.63. The molecule has 2 atom stereocenters. The Morgan fingerprint density at radius 1 is 1.43 bits per heavy atom. The summed E-state index contributed by atoms with van der Waals surface area (Å²) in [6.07, 6.45) is 5.64. The van der Waals surface area contributed by atoms with Gasteiger partial charge in [0, 0.05) is 17.9 Å². The lowest BCUT2D eigenvalue weighted by Gasteiger charge is -2.41. The van der Waals surface area contributed by atoms with E-state index < -0.39 is 0 Å². The zero-order valence-electron chi connectivity index (χ0n) is 9.52. The molecule has 1 amide bonds. The van der Waals surface area contributed by atoms with Crippen LogP contribution < -0.4 is 5.32 Å². The van der Waals surface area contributed by atoms with Crippen LogP contribution in [0, 0.1) is 10.8 Å². The standard InChI is InChI=1S/C12H21NO/c1-4-9-12(8-10(14)13-9)7-5-6-11(12,2)3/h9H,4-8H2,1-3H3,(H,13,14). The van der Waals surface area contributed by atoms with E-state index in [-0.39, 0.29) is 11.3 Å². The van der Waals surface area contributed by atoms with Crippen LogP contribution in [-0.4, -0.2) is 11.9 Å². The summed E-state index contributed by atoms with van der Waals surface area (Å²) in [4.78, 5) is 11.6. The molecule has 0 aromatic carbocycles. The van der Waals surface area contributed by atoms with E-state index >= 15 is 0 Å². The number of hydrogen-bond donors (Lipinski definition) is 1. The Bertz CT molecular complexity index is 259. The van der Waals surface area contributed by atoms with Crippen LogP contribution >= 0.6 is 0 Å². The fourth-order valence-corrected chi connectivity index (χ4v) is 3.69. The lowest BCUT2D eigenvalue weighted by molar-refractivity contribution is -0.120. The van der Waals surface area contributed by atoms with Gasteiger partial charge < -0.3 is 5.32 Å². The summed E-state index contributed by atoms with van der Waals surface area (Å²) in [5, 5.41) is 3.15. The van der Waals surface area contributed by atoms with Gasteiger partial charge in [-0.15, -0.1) is 0 Å². The second-order valence-corrected chi connectivity index (χ2v) is 5.60. The van der Waals surface area contributed by atoms with Gasteiger partial charge >= 0.3 is 0 Å². The molecule has 1 N–H and O–H groups in total. The second kappa shape index (κ2) is 2.98. The van der Waals surface area contributed by atoms with Gasteiger partial charge in [-0.05, 0) is 24.7 Å². The number of hydrogen-bond acceptors (Lipinski definition) is 1. The van der Waals surface area contributed by atoms with Gasteiger partial charge in [0.2, 0.25) is 5.91 Å². The predicted molar refractivity (Wildman–Crippen MR) is 56.9 cm³/mol. The van der Waals surface area contributed by atoms with Crippen molar-refractivity contribution in [3.05, 3.63) is 0 Å². The molecule has 2 heteroatoms. The summed E-state index contributed by atoms with van der Waals surface area (Å²) >= 11 is 0. The van der Waals surface area contributed by atoms with E-state index in [2.05, 4.69) is 26.1 Å². The predicted octanol–water partition coefficient (Wildman–Crippen LogP) is 2.48. The van der Waals surface area contributed by atoms with Crippen molar-refractivity contribution in [3.8, 4) is 0 Å². The first-order valence-corrected chi connectivity index (χ1v) is 5.81. The molecular formula is C12H21NO. The summed E-state index contributed by atoms with van der Waals surface area (Å²) < 4.78 is 0. The fourth-order valence-electron chi connectivity index (χ4n) is 3.69.